The standard InChI is InChI=1S/C21H23ClN2O4/c1-27-18-6-2-15(3-7-18)21(26)24-12-10-17(11-13-24)23-20(25)14-28-19-8-4-16(22)5-9-19/h2-9,17H,10-14H2,1H3,(H,23,25). The average molecular weight is 403 g/mol. The van der Waals surface area contributed by atoms with Gasteiger partial charge in [0.25, 0.3) is 11.8 Å². The van der Waals surface area contributed by atoms with E-state index in [2.05, 4.69) is 5.32 Å². The van der Waals surface area contributed by atoms with E-state index >= 15 is 0 Å². The van der Waals surface area contributed by atoms with Gasteiger partial charge in [0.15, 0.2) is 6.61 Å². The van der Waals surface area contributed by atoms with Crippen molar-refractivity contribution in [1.29, 1.82) is 0 Å². The van der Waals surface area contributed by atoms with Crippen molar-refractivity contribution < 1.29 is 19.1 Å². The maximum Gasteiger partial charge on any atom is 0.258 e. The number of piperidine rings is 1. The van der Waals surface area contributed by atoms with E-state index in [9.17, 15) is 9.59 Å². The summed E-state index contributed by atoms with van der Waals surface area (Å²) in [5, 5.41) is 3.59. The molecule has 148 valence electrons. The predicted octanol–water partition coefficient (Wildman–Crippen LogP) is 3.15. The first-order valence-corrected chi connectivity index (χ1v) is 9.54. The molecule has 2 amide bonds. The Morgan fingerprint density at radius 1 is 1.04 bits per heavy atom. The molecule has 0 atom stereocenters. The highest BCUT2D eigenvalue weighted by Gasteiger charge is 2.24. The average Bonchev–Trinajstić information content (AvgIpc) is 2.73. The van der Waals surface area contributed by atoms with Crippen LogP contribution in [0.1, 0.15) is 23.2 Å². The minimum atomic E-state index is -0.171. The third-order valence-corrected chi connectivity index (χ3v) is 4.92. The van der Waals surface area contributed by atoms with Crippen molar-refractivity contribution in [3.63, 3.8) is 0 Å². The number of likely N-dealkylation sites (tertiary alicyclic amines) is 1. The topological polar surface area (TPSA) is 67.9 Å². The van der Waals surface area contributed by atoms with Gasteiger partial charge in [-0.1, -0.05) is 11.6 Å². The highest BCUT2D eigenvalue weighted by atomic mass is 35.5. The van der Waals surface area contributed by atoms with Crippen LogP contribution in [0.25, 0.3) is 0 Å². The van der Waals surface area contributed by atoms with Gasteiger partial charge in [0.2, 0.25) is 0 Å². The maximum absolute atomic E-state index is 12.6. The van der Waals surface area contributed by atoms with Crippen LogP contribution in [0.15, 0.2) is 48.5 Å². The highest BCUT2D eigenvalue weighted by Crippen LogP contribution is 2.17. The van der Waals surface area contributed by atoms with Crippen molar-refractivity contribution in [2.24, 2.45) is 0 Å². The molecule has 1 saturated heterocycles. The molecule has 0 bridgehead atoms. The van der Waals surface area contributed by atoms with Crippen LogP contribution in [0.3, 0.4) is 0 Å². The first-order valence-electron chi connectivity index (χ1n) is 9.16. The van der Waals surface area contributed by atoms with E-state index < -0.39 is 0 Å². The number of nitrogens with zero attached hydrogens (tertiary/aromatic N) is 1. The summed E-state index contributed by atoms with van der Waals surface area (Å²) >= 11 is 5.82. The van der Waals surface area contributed by atoms with Gasteiger partial charge in [-0.2, -0.15) is 0 Å². The van der Waals surface area contributed by atoms with E-state index in [0.717, 1.165) is 5.75 Å². The Morgan fingerprint density at radius 2 is 1.64 bits per heavy atom. The van der Waals surface area contributed by atoms with E-state index in [1.807, 2.05) is 4.90 Å². The number of amides is 2. The Hall–Kier alpha value is -2.73. The van der Waals surface area contributed by atoms with Gasteiger partial charge in [-0.05, 0) is 61.4 Å². The minimum Gasteiger partial charge on any atom is -0.497 e. The molecule has 1 aliphatic heterocycles. The quantitative estimate of drug-likeness (QED) is 0.806. The molecule has 0 spiro atoms. The Labute approximate surface area is 169 Å². The summed E-state index contributed by atoms with van der Waals surface area (Å²) < 4.78 is 10.6. The zero-order valence-corrected chi connectivity index (χ0v) is 16.4. The van der Waals surface area contributed by atoms with Crippen LogP contribution in [0.2, 0.25) is 5.02 Å². The maximum atomic E-state index is 12.6. The molecule has 0 aliphatic carbocycles. The second-order valence-electron chi connectivity index (χ2n) is 6.61. The highest BCUT2D eigenvalue weighted by molar-refractivity contribution is 6.30. The summed E-state index contributed by atoms with van der Waals surface area (Å²) in [6.45, 7) is 1.16. The number of rotatable bonds is 6. The van der Waals surface area contributed by atoms with Crippen molar-refractivity contribution in [3.05, 3.63) is 59.1 Å². The van der Waals surface area contributed by atoms with Crippen LogP contribution in [0.5, 0.6) is 11.5 Å². The molecule has 0 saturated carbocycles. The molecular weight excluding hydrogens is 380 g/mol. The summed E-state index contributed by atoms with van der Waals surface area (Å²) in [4.78, 5) is 26.5. The summed E-state index contributed by atoms with van der Waals surface area (Å²) in [6.07, 6.45) is 1.43. The molecule has 0 radical (unpaired) electrons. The van der Waals surface area contributed by atoms with Crippen LogP contribution in [0, 0.1) is 0 Å². The Balaban J connectivity index is 1.42. The number of carbonyl (C=O) groups excluding carboxylic acids is 2. The van der Waals surface area contributed by atoms with Crippen molar-refractivity contribution in [1.82, 2.24) is 10.2 Å². The van der Waals surface area contributed by atoms with Crippen LogP contribution in [0.4, 0.5) is 0 Å². The van der Waals surface area contributed by atoms with Crippen molar-refractivity contribution in [3.8, 4) is 11.5 Å². The smallest absolute Gasteiger partial charge is 0.258 e. The summed E-state index contributed by atoms with van der Waals surface area (Å²) in [5.74, 6) is 1.15. The molecule has 3 rings (SSSR count). The number of nitrogens with one attached hydrogen (secondary N) is 1. The number of methoxy groups -OCH3 is 1. The largest absolute Gasteiger partial charge is 0.497 e. The fourth-order valence-electron chi connectivity index (χ4n) is 3.09. The fraction of sp³-hybridized carbons (Fsp3) is 0.333. The molecule has 28 heavy (non-hydrogen) atoms. The van der Waals surface area contributed by atoms with E-state index in [-0.39, 0.29) is 24.5 Å². The van der Waals surface area contributed by atoms with Crippen LogP contribution < -0.4 is 14.8 Å². The number of hydrogen-bond acceptors (Lipinski definition) is 4. The van der Waals surface area contributed by atoms with Gasteiger partial charge >= 0.3 is 0 Å². The predicted molar refractivity (Wildman–Crippen MR) is 107 cm³/mol. The number of hydrogen-bond donors (Lipinski definition) is 1. The lowest BCUT2D eigenvalue weighted by Gasteiger charge is -2.32. The van der Waals surface area contributed by atoms with Gasteiger partial charge in [0.1, 0.15) is 11.5 Å². The minimum absolute atomic E-state index is 0.00139. The zero-order valence-electron chi connectivity index (χ0n) is 15.7. The second-order valence-corrected chi connectivity index (χ2v) is 7.04. The van der Waals surface area contributed by atoms with Gasteiger partial charge in [-0.25, -0.2) is 0 Å². The third kappa shape index (κ3) is 5.39. The normalized spacial score (nSPS) is 14.4. The summed E-state index contributed by atoms with van der Waals surface area (Å²) in [5.41, 5.74) is 0.639. The number of halogens is 1. The zero-order chi connectivity index (χ0) is 19.9. The Bertz CT molecular complexity index is 800. The Kier molecular flexibility index (Phi) is 6.76. The van der Waals surface area contributed by atoms with Gasteiger partial charge in [0, 0.05) is 29.7 Å². The lowest BCUT2D eigenvalue weighted by molar-refractivity contribution is -0.124. The molecule has 7 heteroatoms. The van der Waals surface area contributed by atoms with Crippen LogP contribution in [-0.2, 0) is 4.79 Å². The molecule has 2 aromatic rings. The molecular formula is C21H23ClN2O4. The first-order chi connectivity index (χ1) is 13.5. The van der Waals surface area contributed by atoms with Gasteiger partial charge < -0.3 is 19.7 Å². The van der Waals surface area contributed by atoms with E-state index in [1.54, 1.807) is 55.6 Å². The summed E-state index contributed by atoms with van der Waals surface area (Å²) in [7, 11) is 1.59. The number of carbonyl (C=O) groups is 2. The molecule has 0 unspecified atom stereocenters. The number of ether oxygens (including phenoxy) is 2. The monoisotopic (exact) mass is 402 g/mol. The molecule has 1 heterocycles. The molecule has 2 aromatic carbocycles. The van der Waals surface area contributed by atoms with E-state index in [0.29, 0.717) is 42.3 Å². The summed E-state index contributed by atoms with van der Waals surface area (Å²) in [6, 6.07) is 14.0. The van der Waals surface area contributed by atoms with Crippen molar-refractivity contribution >= 4 is 23.4 Å². The van der Waals surface area contributed by atoms with Crippen molar-refractivity contribution in [2.45, 2.75) is 18.9 Å². The van der Waals surface area contributed by atoms with E-state index in [1.165, 1.54) is 0 Å². The third-order valence-electron chi connectivity index (χ3n) is 4.67. The van der Waals surface area contributed by atoms with Crippen molar-refractivity contribution in [2.75, 3.05) is 26.8 Å². The second kappa shape index (κ2) is 9.46. The fourth-order valence-corrected chi connectivity index (χ4v) is 3.22. The van der Waals surface area contributed by atoms with Crippen LogP contribution in [-0.4, -0.2) is 49.6 Å². The molecule has 1 fully saturated rings. The Morgan fingerprint density at radius 3 is 2.25 bits per heavy atom. The SMILES string of the molecule is COc1ccc(C(=O)N2CCC(NC(=O)COc3ccc(Cl)cc3)CC2)cc1. The van der Waals surface area contributed by atoms with Gasteiger partial charge in [0.05, 0.1) is 7.11 Å². The molecule has 1 aliphatic rings. The van der Waals surface area contributed by atoms with Crippen LogP contribution >= 0.6 is 11.6 Å². The van der Waals surface area contributed by atoms with E-state index in [4.69, 9.17) is 21.1 Å². The molecule has 1 N–H and O–H groups in total. The lowest BCUT2D eigenvalue weighted by atomic mass is 10.0. The lowest BCUT2D eigenvalue weighted by Crippen LogP contribution is -2.47. The van der Waals surface area contributed by atoms with Gasteiger partial charge in [-0.3, -0.25) is 9.59 Å². The number of benzene rings is 2. The van der Waals surface area contributed by atoms with Gasteiger partial charge in [-0.15, -0.1) is 0 Å². The first kappa shape index (κ1) is 20.0. The molecule has 0 aromatic heterocycles. The molecule has 6 nitrogen and oxygen atoms in total.